The number of aromatic nitrogens is 2. The summed E-state index contributed by atoms with van der Waals surface area (Å²) in [5.74, 6) is 0.00196. The molecule has 2 heterocycles. The third-order valence-electron chi connectivity index (χ3n) is 5.08. The third kappa shape index (κ3) is 4.12. The summed E-state index contributed by atoms with van der Waals surface area (Å²) in [4.78, 5) is 33.8. The fraction of sp³-hybridized carbons (Fsp3) is 0.227. The van der Waals surface area contributed by atoms with Crippen molar-refractivity contribution < 1.29 is 18.0 Å². The molecule has 2 aromatic carbocycles. The lowest BCUT2D eigenvalue weighted by atomic mass is 10.0. The lowest BCUT2D eigenvalue weighted by Crippen LogP contribution is -2.40. The average molecular weight is 413 g/mol. The lowest BCUT2D eigenvalue weighted by Gasteiger charge is -2.28. The number of H-pyrrole nitrogens is 1. The number of carbonyl (C=O) groups is 1. The lowest BCUT2D eigenvalue weighted by molar-refractivity contribution is -0.137. The van der Waals surface area contributed by atoms with E-state index in [0.717, 1.165) is 17.7 Å². The van der Waals surface area contributed by atoms with Crippen LogP contribution in [0, 0.1) is 0 Å². The number of alkyl halides is 3. The van der Waals surface area contributed by atoms with Gasteiger partial charge in [-0.05, 0) is 17.7 Å². The summed E-state index contributed by atoms with van der Waals surface area (Å²) >= 11 is 0. The van der Waals surface area contributed by atoms with Crippen molar-refractivity contribution in [2.24, 2.45) is 0 Å². The predicted molar refractivity (Wildman–Crippen MR) is 105 cm³/mol. The van der Waals surface area contributed by atoms with Gasteiger partial charge in [0.25, 0.3) is 5.56 Å². The minimum atomic E-state index is -4.48. The Morgan fingerprint density at radius 1 is 1.10 bits per heavy atom. The van der Waals surface area contributed by atoms with Gasteiger partial charge in [0.15, 0.2) is 0 Å². The smallest absolute Gasteiger partial charge is 0.337 e. The van der Waals surface area contributed by atoms with Crippen LogP contribution in [0.3, 0.4) is 0 Å². The van der Waals surface area contributed by atoms with E-state index in [9.17, 15) is 22.8 Å². The molecular formula is C22H18F3N3O2. The molecule has 0 aliphatic carbocycles. The number of rotatable bonds is 3. The summed E-state index contributed by atoms with van der Waals surface area (Å²) in [7, 11) is 0. The van der Waals surface area contributed by atoms with Crippen molar-refractivity contribution in [3.63, 3.8) is 0 Å². The van der Waals surface area contributed by atoms with Crippen LogP contribution in [-0.2, 0) is 30.4 Å². The quantitative estimate of drug-likeness (QED) is 0.714. The molecule has 1 aromatic heterocycles. The van der Waals surface area contributed by atoms with Gasteiger partial charge in [-0.25, -0.2) is 4.98 Å². The second kappa shape index (κ2) is 7.78. The first-order chi connectivity index (χ1) is 14.3. The Kier molecular flexibility index (Phi) is 5.15. The third-order valence-corrected chi connectivity index (χ3v) is 5.08. The molecule has 0 unspecified atom stereocenters. The molecule has 0 saturated heterocycles. The van der Waals surface area contributed by atoms with Crippen LogP contribution in [0.25, 0.3) is 11.4 Å². The van der Waals surface area contributed by atoms with E-state index in [1.54, 1.807) is 4.90 Å². The fourth-order valence-electron chi connectivity index (χ4n) is 3.50. The minimum absolute atomic E-state index is 0.0896. The van der Waals surface area contributed by atoms with Gasteiger partial charge in [0.05, 0.1) is 29.8 Å². The van der Waals surface area contributed by atoms with Crippen molar-refractivity contribution in [3.05, 3.63) is 87.3 Å². The molecule has 0 radical (unpaired) electrons. The number of nitrogens with one attached hydrogen (secondary N) is 1. The molecule has 0 fully saturated rings. The Labute approximate surface area is 170 Å². The van der Waals surface area contributed by atoms with Crippen LogP contribution in [0.4, 0.5) is 13.2 Å². The summed E-state index contributed by atoms with van der Waals surface area (Å²) in [6.07, 6.45) is -3.88. The van der Waals surface area contributed by atoms with Crippen molar-refractivity contribution >= 4 is 5.91 Å². The van der Waals surface area contributed by atoms with E-state index >= 15 is 0 Å². The van der Waals surface area contributed by atoms with Crippen molar-refractivity contribution in [1.82, 2.24) is 14.9 Å². The molecule has 1 amide bonds. The normalized spacial score (nSPS) is 13.8. The molecule has 30 heavy (non-hydrogen) atoms. The van der Waals surface area contributed by atoms with E-state index in [0.29, 0.717) is 24.2 Å². The maximum Gasteiger partial charge on any atom is 0.416 e. The number of hydrogen-bond donors (Lipinski definition) is 1. The number of hydrogen-bond acceptors (Lipinski definition) is 3. The first-order valence-corrected chi connectivity index (χ1v) is 9.42. The molecule has 1 aliphatic heterocycles. The molecule has 0 saturated carbocycles. The molecule has 0 spiro atoms. The molecule has 154 valence electrons. The van der Waals surface area contributed by atoms with Crippen LogP contribution in [0.15, 0.2) is 59.4 Å². The van der Waals surface area contributed by atoms with Gasteiger partial charge in [0.1, 0.15) is 5.82 Å². The number of carbonyl (C=O) groups excluding carboxylic acids is 1. The van der Waals surface area contributed by atoms with Crippen LogP contribution in [0.5, 0.6) is 0 Å². The van der Waals surface area contributed by atoms with Crippen molar-refractivity contribution in [2.45, 2.75) is 25.6 Å². The number of nitrogens with zero attached hydrogens (tertiary/aromatic N) is 2. The standard InChI is InChI=1S/C22H18F3N3O2/c23-22(24,25)16-8-4-7-15(12-16)20-26-18-9-10-28(13-17(18)21(30)27-20)19(29)11-14-5-2-1-3-6-14/h1-8,12H,9-11,13H2,(H,26,27,30). The van der Waals surface area contributed by atoms with E-state index in [-0.39, 0.29) is 30.3 Å². The molecule has 5 nitrogen and oxygen atoms in total. The Morgan fingerprint density at radius 2 is 1.87 bits per heavy atom. The topological polar surface area (TPSA) is 66.1 Å². The largest absolute Gasteiger partial charge is 0.416 e. The van der Waals surface area contributed by atoms with Crippen molar-refractivity contribution in [3.8, 4) is 11.4 Å². The highest BCUT2D eigenvalue weighted by molar-refractivity contribution is 5.79. The van der Waals surface area contributed by atoms with Gasteiger partial charge in [-0.15, -0.1) is 0 Å². The average Bonchev–Trinajstić information content (AvgIpc) is 2.73. The predicted octanol–water partition coefficient (Wildman–Crippen LogP) is 3.58. The number of benzene rings is 2. The number of fused-ring (bicyclic) bond motifs is 1. The molecule has 1 N–H and O–H groups in total. The van der Waals surface area contributed by atoms with E-state index in [1.165, 1.54) is 12.1 Å². The molecule has 3 aromatic rings. The summed E-state index contributed by atoms with van der Waals surface area (Å²) in [5.41, 5.74) is 0.712. The maximum atomic E-state index is 13.0. The second-order valence-electron chi connectivity index (χ2n) is 7.15. The zero-order valence-electron chi connectivity index (χ0n) is 15.9. The van der Waals surface area contributed by atoms with Gasteiger partial charge in [0.2, 0.25) is 5.91 Å². The Hall–Kier alpha value is -3.42. The van der Waals surface area contributed by atoms with Crippen molar-refractivity contribution in [1.29, 1.82) is 0 Å². The number of amides is 1. The van der Waals surface area contributed by atoms with E-state index in [4.69, 9.17) is 0 Å². The van der Waals surface area contributed by atoms with Crippen LogP contribution in [0.2, 0.25) is 0 Å². The van der Waals surface area contributed by atoms with Gasteiger partial charge in [-0.1, -0.05) is 42.5 Å². The van der Waals surface area contributed by atoms with E-state index < -0.39 is 17.3 Å². The van der Waals surface area contributed by atoms with E-state index in [2.05, 4.69) is 9.97 Å². The minimum Gasteiger partial charge on any atom is -0.337 e. The maximum absolute atomic E-state index is 13.0. The van der Waals surface area contributed by atoms with Crippen LogP contribution in [0.1, 0.15) is 22.4 Å². The Balaban J connectivity index is 1.57. The van der Waals surface area contributed by atoms with Gasteiger partial charge >= 0.3 is 6.18 Å². The van der Waals surface area contributed by atoms with Gasteiger partial charge in [-0.2, -0.15) is 13.2 Å². The highest BCUT2D eigenvalue weighted by atomic mass is 19.4. The summed E-state index contributed by atoms with van der Waals surface area (Å²) in [6, 6.07) is 14.0. The van der Waals surface area contributed by atoms with Gasteiger partial charge < -0.3 is 9.88 Å². The van der Waals surface area contributed by atoms with E-state index in [1.807, 2.05) is 30.3 Å². The fourth-order valence-corrected chi connectivity index (χ4v) is 3.50. The van der Waals surface area contributed by atoms with Crippen LogP contribution in [-0.4, -0.2) is 27.3 Å². The molecule has 8 heteroatoms. The Bertz CT molecular complexity index is 1140. The van der Waals surface area contributed by atoms with Gasteiger partial charge in [0, 0.05) is 18.5 Å². The van der Waals surface area contributed by atoms with Crippen molar-refractivity contribution in [2.75, 3.05) is 6.54 Å². The van der Waals surface area contributed by atoms with Gasteiger partial charge in [-0.3, -0.25) is 9.59 Å². The first-order valence-electron chi connectivity index (χ1n) is 9.42. The first kappa shape index (κ1) is 19.9. The highest BCUT2D eigenvalue weighted by Crippen LogP contribution is 2.31. The van der Waals surface area contributed by atoms with Crippen LogP contribution >= 0.6 is 0 Å². The molecule has 0 bridgehead atoms. The Morgan fingerprint density at radius 3 is 2.60 bits per heavy atom. The SMILES string of the molecule is O=C(Cc1ccccc1)N1CCc2nc(-c3cccc(C(F)(F)F)c3)[nH]c(=O)c2C1. The molecular weight excluding hydrogens is 395 g/mol. The van der Waals surface area contributed by atoms with Crippen LogP contribution < -0.4 is 5.56 Å². The zero-order valence-corrected chi connectivity index (χ0v) is 15.9. The molecule has 0 atom stereocenters. The summed E-state index contributed by atoms with van der Waals surface area (Å²) < 4.78 is 38.9. The number of halogens is 3. The second-order valence-corrected chi connectivity index (χ2v) is 7.15. The monoisotopic (exact) mass is 413 g/mol. The molecule has 4 rings (SSSR count). The summed E-state index contributed by atoms with van der Waals surface area (Å²) in [6.45, 7) is 0.531. The highest BCUT2D eigenvalue weighted by Gasteiger charge is 2.31. The zero-order chi connectivity index (χ0) is 21.3. The summed E-state index contributed by atoms with van der Waals surface area (Å²) in [5, 5.41) is 0. The molecule has 1 aliphatic rings. The number of aromatic amines is 1.